The molecule has 0 fully saturated rings. The van der Waals surface area contributed by atoms with E-state index in [1.165, 1.54) is 0 Å². The van der Waals surface area contributed by atoms with Gasteiger partial charge in [-0.2, -0.15) is 0 Å². The van der Waals surface area contributed by atoms with Crippen molar-refractivity contribution in [2.75, 3.05) is 0 Å². The van der Waals surface area contributed by atoms with Gasteiger partial charge in [-0.15, -0.1) is 0 Å². The van der Waals surface area contributed by atoms with E-state index in [0.717, 1.165) is 11.1 Å². The van der Waals surface area contributed by atoms with E-state index in [0.29, 0.717) is 0 Å². The quantitative estimate of drug-likeness (QED) is 0.504. The van der Waals surface area contributed by atoms with E-state index in [1.807, 2.05) is 13.8 Å². The average Bonchev–Trinajstić information content (AvgIpc) is 1.97. The van der Waals surface area contributed by atoms with Crippen LogP contribution in [0.2, 0.25) is 5.04 Å². The van der Waals surface area contributed by atoms with E-state index in [2.05, 4.69) is 20.8 Å². The van der Waals surface area contributed by atoms with Crippen LogP contribution in [0.4, 0.5) is 0 Å². The first-order chi connectivity index (χ1) is 5.74. The fraction of sp³-hybridized carbons (Fsp3) is 0.700. The van der Waals surface area contributed by atoms with Gasteiger partial charge in [0.05, 0.1) is 0 Å². The summed E-state index contributed by atoms with van der Waals surface area (Å²) in [5.74, 6) is -0.187. The summed E-state index contributed by atoms with van der Waals surface area (Å²) in [6.45, 7) is 11.8. The maximum absolute atomic E-state index is 11.4. The standard InChI is InChI=1S/C10H18O2Si/c1-7(2)8(3)9(11)12-13-10(4,5)6/h1-6H3. The Bertz CT molecular complexity index is 220. The third-order valence-corrected chi connectivity index (χ3v) is 2.41. The van der Waals surface area contributed by atoms with E-state index in [1.54, 1.807) is 6.92 Å². The monoisotopic (exact) mass is 198 g/mol. The summed E-state index contributed by atoms with van der Waals surface area (Å²) in [5.41, 5.74) is 1.74. The lowest BCUT2D eigenvalue weighted by Gasteiger charge is -2.15. The lowest BCUT2D eigenvalue weighted by molar-refractivity contribution is -0.130. The van der Waals surface area contributed by atoms with Gasteiger partial charge in [-0.25, -0.2) is 4.79 Å². The summed E-state index contributed by atoms with van der Waals surface area (Å²) in [6.07, 6.45) is 0. The largest absolute Gasteiger partial charge is 0.513 e. The Hall–Kier alpha value is -0.573. The molecule has 0 bridgehead atoms. The number of carbonyl (C=O) groups is 1. The van der Waals surface area contributed by atoms with Crippen LogP contribution in [0.1, 0.15) is 41.5 Å². The van der Waals surface area contributed by atoms with Crippen LogP contribution >= 0.6 is 0 Å². The van der Waals surface area contributed by atoms with Crippen LogP contribution in [0.15, 0.2) is 11.1 Å². The summed E-state index contributed by atoms with van der Waals surface area (Å²) >= 11 is 0. The van der Waals surface area contributed by atoms with E-state index in [4.69, 9.17) is 4.43 Å². The van der Waals surface area contributed by atoms with Crippen molar-refractivity contribution in [1.82, 2.24) is 0 Å². The van der Waals surface area contributed by atoms with Gasteiger partial charge in [0.2, 0.25) is 0 Å². The van der Waals surface area contributed by atoms with Crippen molar-refractivity contribution in [1.29, 1.82) is 0 Å². The lowest BCUT2D eigenvalue weighted by atomic mass is 10.2. The third-order valence-electron chi connectivity index (χ3n) is 1.51. The number of allylic oxidation sites excluding steroid dienone is 1. The Labute approximate surface area is 83.3 Å². The second-order valence-electron chi connectivity index (χ2n) is 4.37. The SMILES string of the molecule is CC(C)=C(C)C(=O)O[Si]C(C)(C)C. The van der Waals surface area contributed by atoms with Gasteiger partial charge >= 0.3 is 15.7 Å². The number of hydrogen-bond donors (Lipinski definition) is 0. The fourth-order valence-corrected chi connectivity index (χ4v) is 1.03. The normalized spacial score (nSPS) is 10.9. The molecule has 74 valence electrons. The first kappa shape index (κ1) is 12.4. The highest BCUT2D eigenvalue weighted by molar-refractivity contribution is 6.35. The van der Waals surface area contributed by atoms with Crippen LogP contribution in [0.5, 0.6) is 0 Å². The zero-order chi connectivity index (χ0) is 10.6. The first-order valence-corrected chi connectivity index (χ1v) is 5.27. The van der Waals surface area contributed by atoms with Crippen molar-refractivity contribution in [2.24, 2.45) is 0 Å². The Morgan fingerprint density at radius 1 is 1.15 bits per heavy atom. The molecule has 0 aliphatic rings. The highest BCUT2D eigenvalue weighted by Crippen LogP contribution is 2.20. The van der Waals surface area contributed by atoms with Crippen LogP contribution < -0.4 is 0 Å². The Morgan fingerprint density at radius 2 is 1.62 bits per heavy atom. The Morgan fingerprint density at radius 3 is 1.92 bits per heavy atom. The molecular formula is C10H18O2Si. The molecule has 0 heterocycles. The Balaban J connectivity index is 4.12. The van der Waals surface area contributed by atoms with Crippen LogP contribution in [0.25, 0.3) is 0 Å². The van der Waals surface area contributed by atoms with Crippen molar-refractivity contribution in [2.45, 2.75) is 46.6 Å². The summed E-state index contributed by atoms with van der Waals surface area (Å²) in [4.78, 5) is 11.4. The molecule has 0 aromatic rings. The molecule has 0 N–H and O–H groups in total. The van der Waals surface area contributed by atoms with Gasteiger partial charge in [-0.05, 0) is 25.8 Å². The molecule has 2 nitrogen and oxygen atoms in total. The summed E-state index contributed by atoms with van der Waals surface area (Å²) in [5, 5.41) is 0.0670. The zero-order valence-corrected chi connectivity index (χ0v) is 10.3. The van der Waals surface area contributed by atoms with Gasteiger partial charge in [0.25, 0.3) is 0 Å². The lowest BCUT2D eigenvalue weighted by Crippen LogP contribution is -2.18. The van der Waals surface area contributed by atoms with Gasteiger partial charge in [-0.3, -0.25) is 0 Å². The van der Waals surface area contributed by atoms with E-state index in [9.17, 15) is 4.79 Å². The smallest absolute Gasteiger partial charge is 0.321 e. The molecule has 0 saturated carbocycles. The maximum atomic E-state index is 11.4. The number of carbonyl (C=O) groups excluding carboxylic acids is 1. The average molecular weight is 198 g/mol. The molecule has 0 aliphatic carbocycles. The first-order valence-electron chi connectivity index (χ1n) is 4.36. The minimum atomic E-state index is -0.187. The second kappa shape index (κ2) is 4.60. The van der Waals surface area contributed by atoms with Crippen LogP contribution in [-0.2, 0) is 9.22 Å². The Kier molecular flexibility index (Phi) is 4.40. The predicted molar refractivity (Wildman–Crippen MR) is 55.6 cm³/mol. The molecule has 0 aliphatic heterocycles. The van der Waals surface area contributed by atoms with Crippen LogP contribution in [-0.4, -0.2) is 15.7 Å². The molecule has 0 rings (SSSR count). The van der Waals surface area contributed by atoms with Crippen LogP contribution in [0.3, 0.4) is 0 Å². The second-order valence-corrected chi connectivity index (χ2v) is 6.27. The van der Waals surface area contributed by atoms with Crippen molar-refractivity contribution >= 4 is 15.7 Å². The predicted octanol–water partition coefficient (Wildman–Crippen LogP) is 2.72. The molecule has 0 aromatic heterocycles. The van der Waals surface area contributed by atoms with Crippen molar-refractivity contribution in [3.63, 3.8) is 0 Å². The van der Waals surface area contributed by atoms with E-state index < -0.39 is 0 Å². The van der Waals surface area contributed by atoms with Crippen molar-refractivity contribution in [3.8, 4) is 0 Å². The molecule has 0 amide bonds. The van der Waals surface area contributed by atoms with Crippen LogP contribution in [0, 0.1) is 0 Å². The highest BCUT2D eigenvalue weighted by atomic mass is 28.2. The molecule has 0 saturated heterocycles. The third kappa shape index (κ3) is 5.63. The molecule has 2 radical (unpaired) electrons. The summed E-state index contributed by atoms with van der Waals surface area (Å²) < 4.78 is 5.16. The van der Waals surface area contributed by atoms with Gasteiger partial charge in [0.1, 0.15) is 0 Å². The molecular weight excluding hydrogens is 180 g/mol. The molecule has 3 heteroatoms. The van der Waals surface area contributed by atoms with Gasteiger partial charge in [0.15, 0.2) is 0 Å². The van der Waals surface area contributed by atoms with Crippen molar-refractivity contribution in [3.05, 3.63) is 11.1 Å². The molecule has 0 atom stereocenters. The topological polar surface area (TPSA) is 26.3 Å². The van der Waals surface area contributed by atoms with Gasteiger partial charge in [-0.1, -0.05) is 26.3 Å². The summed E-state index contributed by atoms with van der Waals surface area (Å²) in [6, 6.07) is 0. The van der Waals surface area contributed by atoms with E-state index >= 15 is 0 Å². The molecule has 0 aromatic carbocycles. The van der Waals surface area contributed by atoms with E-state index in [-0.39, 0.29) is 20.8 Å². The fourth-order valence-electron chi connectivity index (χ4n) is 0.480. The molecule has 13 heavy (non-hydrogen) atoms. The highest BCUT2D eigenvalue weighted by Gasteiger charge is 2.18. The molecule has 0 spiro atoms. The van der Waals surface area contributed by atoms with Gasteiger partial charge in [0, 0.05) is 5.57 Å². The zero-order valence-electron chi connectivity index (χ0n) is 9.32. The number of rotatable bonds is 2. The minimum Gasteiger partial charge on any atom is -0.513 e. The number of hydrogen-bond acceptors (Lipinski definition) is 2. The van der Waals surface area contributed by atoms with Gasteiger partial charge < -0.3 is 4.43 Å². The molecule has 0 unspecified atom stereocenters. The minimum absolute atomic E-state index is 0.0670. The summed E-state index contributed by atoms with van der Waals surface area (Å²) in [7, 11) is 0.224. The van der Waals surface area contributed by atoms with Crippen molar-refractivity contribution < 1.29 is 9.22 Å². The maximum Gasteiger partial charge on any atom is 0.321 e.